The van der Waals surface area contributed by atoms with Crippen LogP contribution in [-0.2, 0) is 16.0 Å². The minimum absolute atomic E-state index is 0.166. The van der Waals surface area contributed by atoms with Crippen LogP contribution in [0.3, 0.4) is 0 Å². The summed E-state index contributed by atoms with van der Waals surface area (Å²) in [5.41, 5.74) is 0.941. The molecule has 0 radical (unpaired) electrons. The molecule has 1 saturated heterocycles. The molecule has 0 bridgehead atoms. The van der Waals surface area contributed by atoms with Crippen molar-refractivity contribution in [1.29, 1.82) is 0 Å². The van der Waals surface area contributed by atoms with Gasteiger partial charge in [0.25, 0.3) is 5.91 Å². The molecule has 5 nitrogen and oxygen atoms in total. The van der Waals surface area contributed by atoms with Gasteiger partial charge >= 0.3 is 11.9 Å². The number of nitrogens with zero attached hydrogens (tertiary/aromatic N) is 1. The molecule has 172 valence electrons. The second kappa shape index (κ2) is 10.4. The Morgan fingerprint density at radius 1 is 1.31 bits per heavy atom. The number of hydrogen-bond donors (Lipinski definition) is 1. The van der Waals surface area contributed by atoms with Crippen molar-refractivity contribution in [2.75, 3.05) is 13.7 Å². The smallest absolute Gasteiger partial charge is 0.348 e. The molecule has 0 saturated carbocycles. The standard InChI is InChI=1S/C24H27F2NO4S/c1-16(17-7-4-3-5-8-17)20(28)12-10-18-15-24(25,26)23(30)27(18)14-6-9-19-11-13-21(32-19)22(29)31-2/h3-5,7-8,10-13,16,18,20,28H,6,9,14-15H2,1-2H3/t16-,18?,20+/m0/s1. The van der Waals surface area contributed by atoms with Crippen LogP contribution in [0.4, 0.5) is 8.78 Å². The van der Waals surface area contributed by atoms with Crippen molar-refractivity contribution in [1.82, 2.24) is 4.90 Å². The zero-order valence-corrected chi connectivity index (χ0v) is 18.9. The van der Waals surface area contributed by atoms with Gasteiger partial charge in [-0.25, -0.2) is 4.79 Å². The van der Waals surface area contributed by atoms with Crippen LogP contribution >= 0.6 is 11.3 Å². The number of aliphatic hydroxyl groups excluding tert-OH is 1. The van der Waals surface area contributed by atoms with Crippen LogP contribution in [0.5, 0.6) is 0 Å². The Labute approximate surface area is 190 Å². The Morgan fingerprint density at radius 2 is 2.03 bits per heavy atom. The van der Waals surface area contributed by atoms with E-state index >= 15 is 0 Å². The summed E-state index contributed by atoms with van der Waals surface area (Å²) in [5.74, 6) is -5.21. The van der Waals surface area contributed by atoms with E-state index in [0.29, 0.717) is 17.7 Å². The van der Waals surface area contributed by atoms with E-state index < -0.39 is 36.4 Å². The zero-order valence-electron chi connectivity index (χ0n) is 18.0. The van der Waals surface area contributed by atoms with Gasteiger partial charge < -0.3 is 14.7 Å². The SMILES string of the molecule is COC(=O)c1ccc(CCCN2C(=O)C(F)(F)CC2C=C[C@@H](O)[C@@H](C)c2ccccc2)s1. The predicted octanol–water partition coefficient (Wildman–Crippen LogP) is 4.42. The highest BCUT2D eigenvalue weighted by molar-refractivity contribution is 7.13. The van der Waals surface area contributed by atoms with E-state index in [1.807, 2.05) is 37.3 Å². The monoisotopic (exact) mass is 463 g/mol. The van der Waals surface area contributed by atoms with E-state index in [0.717, 1.165) is 10.4 Å². The molecule has 1 aromatic heterocycles. The molecule has 3 rings (SSSR count). The van der Waals surface area contributed by atoms with Crippen molar-refractivity contribution in [2.45, 2.75) is 50.2 Å². The van der Waals surface area contributed by atoms with Crippen LogP contribution in [0, 0.1) is 0 Å². The Morgan fingerprint density at radius 3 is 2.72 bits per heavy atom. The van der Waals surface area contributed by atoms with Crippen molar-refractivity contribution in [3.05, 3.63) is 69.9 Å². The van der Waals surface area contributed by atoms with Gasteiger partial charge in [0.15, 0.2) is 0 Å². The van der Waals surface area contributed by atoms with E-state index in [2.05, 4.69) is 4.74 Å². The number of hydrogen-bond acceptors (Lipinski definition) is 5. The normalized spacial score (nSPS) is 20.0. The highest BCUT2D eigenvalue weighted by Crippen LogP contribution is 2.35. The van der Waals surface area contributed by atoms with E-state index in [9.17, 15) is 23.5 Å². The first-order valence-electron chi connectivity index (χ1n) is 10.5. The third-order valence-electron chi connectivity index (χ3n) is 5.68. The maximum absolute atomic E-state index is 14.1. The lowest BCUT2D eigenvalue weighted by atomic mass is 9.94. The molecular weight excluding hydrogens is 436 g/mol. The molecule has 1 N–H and O–H groups in total. The Balaban J connectivity index is 1.61. The highest BCUT2D eigenvalue weighted by atomic mass is 32.1. The highest BCUT2D eigenvalue weighted by Gasteiger charge is 2.52. The molecule has 1 aliphatic rings. The average molecular weight is 464 g/mol. The van der Waals surface area contributed by atoms with Gasteiger partial charge in [-0.05, 0) is 30.5 Å². The van der Waals surface area contributed by atoms with E-state index in [1.54, 1.807) is 12.1 Å². The summed E-state index contributed by atoms with van der Waals surface area (Å²) in [6, 6.07) is 12.1. The lowest BCUT2D eigenvalue weighted by Crippen LogP contribution is -2.36. The summed E-state index contributed by atoms with van der Waals surface area (Å²) < 4.78 is 32.9. The molecule has 1 aliphatic heterocycles. The van der Waals surface area contributed by atoms with Crippen LogP contribution < -0.4 is 0 Å². The molecule has 1 amide bonds. The number of aliphatic hydroxyl groups is 1. The van der Waals surface area contributed by atoms with Crippen molar-refractivity contribution >= 4 is 23.2 Å². The first-order valence-corrected chi connectivity index (χ1v) is 11.3. The average Bonchev–Trinajstić information content (AvgIpc) is 3.35. The fourth-order valence-electron chi connectivity index (χ4n) is 3.77. The first-order chi connectivity index (χ1) is 15.2. The van der Waals surface area contributed by atoms with Crippen LogP contribution in [0.15, 0.2) is 54.6 Å². The van der Waals surface area contributed by atoms with Crippen molar-refractivity contribution in [3.8, 4) is 0 Å². The number of carbonyl (C=O) groups excluding carboxylic acids is 2. The van der Waals surface area contributed by atoms with E-state index in [-0.39, 0.29) is 12.5 Å². The number of methoxy groups -OCH3 is 1. The van der Waals surface area contributed by atoms with Gasteiger partial charge in [-0.15, -0.1) is 11.3 Å². The van der Waals surface area contributed by atoms with Gasteiger partial charge in [0.05, 0.1) is 19.3 Å². The second-order valence-electron chi connectivity index (χ2n) is 7.91. The maximum atomic E-state index is 14.1. The van der Waals surface area contributed by atoms with Gasteiger partial charge in [-0.3, -0.25) is 4.79 Å². The molecule has 1 fully saturated rings. The molecule has 0 aliphatic carbocycles. The lowest BCUT2D eigenvalue weighted by Gasteiger charge is -2.22. The Bertz CT molecular complexity index is 960. The van der Waals surface area contributed by atoms with Crippen LogP contribution in [0.2, 0.25) is 0 Å². The van der Waals surface area contributed by atoms with E-state index in [1.165, 1.54) is 35.5 Å². The third kappa shape index (κ3) is 5.61. The number of rotatable bonds is 9. The maximum Gasteiger partial charge on any atom is 0.348 e. The first kappa shape index (κ1) is 24.1. The summed E-state index contributed by atoms with van der Waals surface area (Å²) in [4.78, 5) is 26.4. The van der Waals surface area contributed by atoms with Crippen molar-refractivity contribution in [2.24, 2.45) is 0 Å². The van der Waals surface area contributed by atoms with Crippen LogP contribution in [-0.4, -0.2) is 53.6 Å². The predicted molar refractivity (Wildman–Crippen MR) is 119 cm³/mol. The van der Waals surface area contributed by atoms with Crippen LogP contribution in [0.25, 0.3) is 0 Å². The number of carbonyl (C=O) groups is 2. The quantitative estimate of drug-likeness (QED) is 0.442. The number of amides is 1. The second-order valence-corrected chi connectivity index (χ2v) is 9.08. The number of halogens is 2. The third-order valence-corrected chi connectivity index (χ3v) is 6.80. The van der Waals surface area contributed by atoms with Gasteiger partial charge in [-0.2, -0.15) is 8.78 Å². The van der Waals surface area contributed by atoms with Crippen molar-refractivity contribution in [3.63, 3.8) is 0 Å². The number of likely N-dealkylation sites (tertiary alicyclic amines) is 1. The lowest BCUT2D eigenvalue weighted by molar-refractivity contribution is -0.148. The Hall–Kier alpha value is -2.58. The van der Waals surface area contributed by atoms with Crippen LogP contribution in [0.1, 0.15) is 45.8 Å². The largest absolute Gasteiger partial charge is 0.465 e. The fourth-order valence-corrected chi connectivity index (χ4v) is 4.74. The molecule has 32 heavy (non-hydrogen) atoms. The molecule has 1 aromatic carbocycles. The van der Waals surface area contributed by atoms with Gasteiger partial charge in [0.2, 0.25) is 0 Å². The number of ether oxygens (including phenoxy) is 1. The topological polar surface area (TPSA) is 66.8 Å². The summed E-state index contributed by atoms with van der Waals surface area (Å²) in [6.45, 7) is 2.03. The van der Waals surface area contributed by atoms with Crippen molar-refractivity contribution < 1.29 is 28.2 Å². The molecule has 0 spiro atoms. The van der Waals surface area contributed by atoms with Gasteiger partial charge in [0.1, 0.15) is 4.88 Å². The summed E-state index contributed by atoms with van der Waals surface area (Å²) >= 11 is 1.29. The number of thiophene rings is 1. The number of benzene rings is 1. The Kier molecular flexibility index (Phi) is 7.79. The molecule has 1 unspecified atom stereocenters. The summed E-state index contributed by atoms with van der Waals surface area (Å²) in [5, 5.41) is 10.5. The number of alkyl halides is 2. The molecule has 8 heteroatoms. The van der Waals surface area contributed by atoms with E-state index in [4.69, 9.17) is 0 Å². The minimum Gasteiger partial charge on any atom is -0.465 e. The molecular formula is C24H27F2NO4S. The van der Waals surface area contributed by atoms with Gasteiger partial charge in [0, 0.05) is 23.8 Å². The molecule has 3 atom stereocenters. The summed E-state index contributed by atoms with van der Waals surface area (Å²) in [6.07, 6.45) is 2.61. The number of aryl methyl sites for hydroxylation is 1. The molecule has 2 aromatic rings. The number of esters is 1. The van der Waals surface area contributed by atoms with Gasteiger partial charge in [-0.1, -0.05) is 49.4 Å². The minimum atomic E-state index is -3.41. The summed E-state index contributed by atoms with van der Waals surface area (Å²) in [7, 11) is 1.31. The zero-order chi connectivity index (χ0) is 23.3. The molecule has 2 heterocycles. The fraction of sp³-hybridized carbons (Fsp3) is 0.417.